The van der Waals surface area contributed by atoms with E-state index in [1.165, 1.54) is 43.7 Å². The SMILES string of the molecule is CSCCCCCN1CC(Cc2ccccc2)NCC1C. The fraction of sp³-hybridized carbons (Fsp3) is 0.667. The van der Waals surface area contributed by atoms with Crippen LogP contribution in [0.4, 0.5) is 0 Å². The molecule has 0 saturated carbocycles. The van der Waals surface area contributed by atoms with E-state index in [0.29, 0.717) is 12.1 Å². The molecule has 2 atom stereocenters. The van der Waals surface area contributed by atoms with Gasteiger partial charge in [-0.05, 0) is 50.3 Å². The highest BCUT2D eigenvalue weighted by molar-refractivity contribution is 7.98. The predicted molar refractivity (Wildman–Crippen MR) is 95.2 cm³/mol. The van der Waals surface area contributed by atoms with Crippen molar-refractivity contribution < 1.29 is 0 Å². The van der Waals surface area contributed by atoms with E-state index in [0.717, 1.165) is 13.0 Å². The van der Waals surface area contributed by atoms with Gasteiger partial charge in [-0.15, -0.1) is 0 Å². The van der Waals surface area contributed by atoms with Crippen LogP contribution in [0, 0.1) is 0 Å². The average Bonchev–Trinajstić information content (AvgIpc) is 2.51. The number of piperazine rings is 1. The van der Waals surface area contributed by atoms with Gasteiger partial charge in [-0.1, -0.05) is 36.8 Å². The lowest BCUT2D eigenvalue weighted by molar-refractivity contribution is 0.138. The van der Waals surface area contributed by atoms with Crippen LogP contribution in [0.1, 0.15) is 31.7 Å². The average molecular weight is 307 g/mol. The van der Waals surface area contributed by atoms with Crippen molar-refractivity contribution in [2.75, 3.05) is 31.6 Å². The van der Waals surface area contributed by atoms with Crippen LogP contribution in [0.15, 0.2) is 30.3 Å². The smallest absolute Gasteiger partial charge is 0.0236 e. The quantitative estimate of drug-likeness (QED) is 0.741. The Hall–Kier alpha value is -0.510. The van der Waals surface area contributed by atoms with E-state index in [4.69, 9.17) is 0 Å². The fourth-order valence-electron chi connectivity index (χ4n) is 3.08. The van der Waals surface area contributed by atoms with E-state index in [1.807, 2.05) is 11.8 Å². The molecule has 1 aliphatic heterocycles. The van der Waals surface area contributed by atoms with Gasteiger partial charge >= 0.3 is 0 Å². The second kappa shape index (κ2) is 9.50. The number of unbranched alkanes of at least 4 members (excludes halogenated alkanes) is 2. The Labute approximate surface area is 134 Å². The van der Waals surface area contributed by atoms with Gasteiger partial charge in [0.2, 0.25) is 0 Å². The van der Waals surface area contributed by atoms with Gasteiger partial charge in [0.05, 0.1) is 0 Å². The number of nitrogens with one attached hydrogen (secondary N) is 1. The Balaban J connectivity index is 1.73. The standard InChI is InChI=1S/C18H30N2S/c1-16-14-19-18(13-17-9-5-3-6-10-17)15-20(16)11-7-4-8-12-21-2/h3,5-6,9-10,16,18-19H,4,7-8,11-15H2,1-2H3. The maximum absolute atomic E-state index is 3.71. The van der Waals surface area contributed by atoms with Gasteiger partial charge in [0.1, 0.15) is 0 Å². The number of hydrogen-bond donors (Lipinski definition) is 1. The van der Waals surface area contributed by atoms with Gasteiger partial charge in [-0.3, -0.25) is 4.90 Å². The second-order valence-corrected chi connectivity index (χ2v) is 7.18. The molecule has 21 heavy (non-hydrogen) atoms. The van der Waals surface area contributed by atoms with E-state index in [9.17, 15) is 0 Å². The Bertz CT molecular complexity index is 382. The summed E-state index contributed by atoms with van der Waals surface area (Å²) in [7, 11) is 0. The zero-order chi connectivity index (χ0) is 14.9. The van der Waals surface area contributed by atoms with Crippen LogP contribution in [-0.4, -0.2) is 48.6 Å². The minimum absolute atomic E-state index is 0.606. The minimum Gasteiger partial charge on any atom is -0.311 e. The Morgan fingerprint density at radius 2 is 2.00 bits per heavy atom. The normalized spacial score (nSPS) is 23.3. The summed E-state index contributed by atoms with van der Waals surface area (Å²) in [5.74, 6) is 1.31. The molecule has 118 valence electrons. The van der Waals surface area contributed by atoms with Crippen molar-refractivity contribution in [1.29, 1.82) is 0 Å². The molecule has 2 rings (SSSR count). The minimum atomic E-state index is 0.606. The zero-order valence-electron chi connectivity index (χ0n) is 13.6. The molecule has 1 aromatic carbocycles. The van der Waals surface area contributed by atoms with E-state index in [-0.39, 0.29) is 0 Å². The Morgan fingerprint density at radius 1 is 1.19 bits per heavy atom. The highest BCUT2D eigenvalue weighted by atomic mass is 32.2. The van der Waals surface area contributed by atoms with Crippen molar-refractivity contribution in [3.8, 4) is 0 Å². The summed E-state index contributed by atoms with van der Waals surface area (Å²) in [6.07, 6.45) is 7.45. The van der Waals surface area contributed by atoms with Crippen LogP contribution in [-0.2, 0) is 6.42 Å². The van der Waals surface area contributed by atoms with E-state index >= 15 is 0 Å². The summed E-state index contributed by atoms with van der Waals surface area (Å²) >= 11 is 1.97. The summed E-state index contributed by atoms with van der Waals surface area (Å²) in [4.78, 5) is 2.68. The first kappa shape index (κ1) is 16.9. The number of thioether (sulfide) groups is 1. The molecule has 2 unspecified atom stereocenters. The van der Waals surface area contributed by atoms with Crippen LogP contribution in [0.25, 0.3) is 0 Å². The first-order valence-corrected chi connectivity index (χ1v) is 9.69. The highest BCUT2D eigenvalue weighted by Crippen LogP contribution is 2.13. The van der Waals surface area contributed by atoms with Crippen molar-refractivity contribution in [3.05, 3.63) is 35.9 Å². The molecule has 0 bridgehead atoms. The Kier molecular flexibility index (Phi) is 7.62. The van der Waals surface area contributed by atoms with Crippen molar-refractivity contribution in [2.45, 2.75) is 44.7 Å². The third-order valence-electron chi connectivity index (χ3n) is 4.40. The third-order valence-corrected chi connectivity index (χ3v) is 5.10. The number of rotatable bonds is 8. The first-order valence-electron chi connectivity index (χ1n) is 8.30. The summed E-state index contributed by atoms with van der Waals surface area (Å²) in [5.41, 5.74) is 1.45. The number of benzene rings is 1. The van der Waals surface area contributed by atoms with Gasteiger partial charge in [0.25, 0.3) is 0 Å². The molecule has 0 amide bonds. The van der Waals surface area contributed by atoms with Gasteiger partial charge in [0.15, 0.2) is 0 Å². The summed E-state index contributed by atoms with van der Waals surface area (Å²) in [6.45, 7) is 5.94. The van der Waals surface area contributed by atoms with Crippen LogP contribution in [0.5, 0.6) is 0 Å². The third kappa shape index (κ3) is 6.01. The van der Waals surface area contributed by atoms with E-state index in [1.54, 1.807) is 0 Å². The van der Waals surface area contributed by atoms with Gasteiger partial charge in [-0.2, -0.15) is 11.8 Å². The lowest BCUT2D eigenvalue weighted by Gasteiger charge is -2.39. The number of hydrogen-bond acceptors (Lipinski definition) is 3. The molecule has 2 nitrogen and oxygen atoms in total. The van der Waals surface area contributed by atoms with Crippen LogP contribution >= 0.6 is 11.8 Å². The topological polar surface area (TPSA) is 15.3 Å². The van der Waals surface area contributed by atoms with E-state index < -0.39 is 0 Å². The largest absolute Gasteiger partial charge is 0.311 e. The molecule has 0 aliphatic carbocycles. The molecule has 3 heteroatoms. The van der Waals surface area contributed by atoms with Gasteiger partial charge in [0, 0.05) is 25.2 Å². The molecule has 0 spiro atoms. The van der Waals surface area contributed by atoms with Crippen molar-refractivity contribution in [1.82, 2.24) is 10.2 Å². The second-order valence-electron chi connectivity index (χ2n) is 6.19. The zero-order valence-corrected chi connectivity index (χ0v) is 14.4. The maximum atomic E-state index is 3.71. The van der Waals surface area contributed by atoms with Crippen molar-refractivity contribution >= 4 is 11.8 Å². The van der Waals surface area contributed by atoms with Crippen LogP contribution in [0.2, 0.25) is 0 Å². The molecule has 1 saturated heterocycles. The molecular weight excluding hydrogens is 276 g/mol. The number of nitrogens with zero attached hydrogens (tertiary/aromatic N) is 1. The predicted octanol–water partition coefficient (Wildman–Crippen LogP) is 3.42. The summed E-state index contributed by atoms with van der Waals surface area (Å²) in [6, 6.07) is 12.2. The first-order chi connectivity index (χ1) is 10.3. The van der Waals surface area contributed by atoms with Crippen molar-refractivity contribution in [3.63, 3.8) is 0 Å². The fourth-order valence-corrected chi connectivity index (χ4v) is 3.57. The summed E-state index contributed by atoms with van der Waals surface area (Å²) in [5, 5.41) is 3.71. The maximum Gasteiger partial charge on any atom is 0.0236 e. The molecular formula is C18H30N2S. The molecule has 1 N–H and O–H groups in total. The lowest BCUT2D eigenvalue weighted by Crippen LogP contribution is -2.56. The highest BCUT2D eigenvalue weighted by Gasteiger charge is 2.24. The Morgan fingerprint density at radius 3 is 2.76 bits per heavy atom. The van der Waals surface area contributed by atoms with Gasteiger partial charge in [-0.25, -0.2) is 0 Å². The molecule has 1 aromatic rings. The van der Waals surface area contributed by atoms with Crippen LogP contribution < -0.4 is 5.32 Å². The molecule has 1 aliphatic rings. The molecule has 0 radical (unpaired) electrons. The van der Waals surface area contributed by atoms with Gasteiger partial charge < -0.3 is 5.32 Å². The molecule has 0 aromatic heterocycles. The lowest BCUT2D eigenvalue weighted by atomic mass is 10.0. The van der Waals surface area contributed by atoms with E-state index in [2.05, 4.69) is 53.7 Å². The molecule has 1 heterocycles. The van der Waals surface area contributed by atoms with Crippen molar-refractivity contribution in [2.24, 2.45) is 0 Å². The monoisotopic (exact) mass is 306 g/mol. The van der Waals surface area contributed by atoms with Crippen LogP contribution in [0.3, 0.4) is 0 Å². The summed E-state index contributed by atoms with van der Waals surface area (Å²) < 4.78 is 0. The molecule has 1 fully saturated rings.